The van der Waals surface area contributed by atoms with Crippen LogP contribution in [0.25, 0.3) is 6.08 Å². The Morgan fingerprint density at radius 1 is 0.828 bits per heavy atom. The van der Waals surface area contributed by atoms with Crippen LogP contribution >= 0.6 is 0 Å². The topological polar surface area (TPSA) is 103 Å². The first kappa shape index (κ1) is 40.3. The number of benzene rings is 4. The van der Waals surface area contributed by atoms with Gasteiger partial charge in [-0.25, -0.2) is 4.79 Å². The number of alkyl halides is 3. The van der Waals surface area contributed by atoms with Crippen molar-refractivity contribution in [2.24, 2.45) is 0 Å². The summed E-state index contributed by atoms with van der Waals surface area (Å²) in [5, 5.41) is 2.75. The highest BCUT2D eigenvalue weighted by molar-refractivity contribution is 5.98. The number of β-lactam (4-membered cyclic amide) rings is 1. The van der Waals surface area contributed by atoms with Crippen molar-refractivity contribution in [1.29, 1.82) is 0 Å². The van der Waals surface area contributed by atoms with E-state index in [9.17, 15) is 32.3 Å². The second-order valence-corrected chi connectivity index (χ2v) is 14.8. The Balaban J connectivity index is 1.11. The SMILES string of the molecule is O=C(NCc1cccc(C(F)(F)F)c1)[C@H](CCC(=O)N1CCN(CCc2ccccc2)CC1)N1C(=O)[C@@H](N2C(=O)OC[C@@H]2c2ccccc2)[C@H]1C=Cc1ccccc1. The first-order chi connectivity index (χ1) is 28.1. The van der Waals surface area contributed by atoms with E-state index >= 15 is 0 Å². The summed E-state index contributed by atoms with van der Waals surface area (Å²) in [4.78, 5) is 62.6. The van der Waals surface area contributed by atoms with Gasteiger partial charge in [0.15, 0.2) is 0 Å². The van der Waals surface area contributed by atoms with Crippen molar-refractivity contribution < 1.29 is 37.1 Å². The maximum absolute atomic E-state index is 14.5. The molecule has 0 aromatic heterocycles. The van der Waals surface area contributed by atoms with Gasteiger partial charge >= 0.3 is 12.3 Å². The van der Waals surface area contributed by atoms with E-state index in [1.165, 1.54) is 27.5 Å². The number of carbonyl (C=O) groups excluding carboxylic acids is 4. The van der Waals surface area contributed by atoms with Crippen LogP contribution in [0.4, 0.5) is 18.0 Å². The van der Waals surface area contributed by atoms with Gasteiger partial charge in [-0.15, -0.1) is 0 Å². The maximum Gasteiger partial charge on any atom is 0.416 e. The number of ether oxygens (including phenoxy) is 1. The Hall–Kier alpha value is -5.95. The highest BCUT2D eigenvalue weighted by atomic mass is 19.4. The molecule has 0 radical (unpaired) electrons. The molecular formula is C45H46F3N5O5. The minimum atomic E-state index is -4.57. The van der Waals surface area contributed by atoms with Crippen LogP contribution in [0.2, 0.25) is 0 Å². The van der Waals surface area contributed by atoms with E-state index < -0.39 is 53.8 Å². The second kappa shape index (κ2) is 18.1. The highest BCUT2D eigenvalue weighted by Crippen LogP contribution is 2.39. The summed E-state index contributed by atoms with van der Waals surface area (Å²) in [6, 6.07) is 29.9. The van der Waals surface area contributed by atoms with E-state index in [1.54, 1.807) is 11.0 Å². The number of likely N-dealkylation sites (tertiary alicyclic amines) is 1. The normalized spacial score (nSPS) is 20.5. The van der Waals surface area contributed by atoms with Gasteiger partial charge in [0.2, 0.25) is 17.7 Å². The Kier molecular flexibility index (Phi) is 12.6. The van der Waals surface area contributed by atoms with Crippen molar-refractivity contribution in [3.05, 3.63) is 149 Å². The quantitative estimate of drug-likeness (QED) is 0.150. The number of halogens is 3. The fourth-order valence-corrected chi connectivity index (χ4v) is 7.94. The zero-order chi connectivity index (χ0) is 40.6. The average molecular weight is 794 g/mol. The highest BCUT2D eigenvalue weighted by Gasteiger charge is 2.58. The second-order valence-electron chi connectivity index (χ2n) is 14.8. The van der Waals surface area contributed by atoms with Crippen LogP contribution in [0.15, 0.2) is 121 Å². The van der Waals surface area contributed by atoms with Crippen molar-refractivity contribution in [2.75, 3.05) is 39.3 Å². The van der Waals surface area contributed by atoms with Gasteiger partial charge < -0.3 is 19.9 Å². The molecule has 3 heterocycles. The summed E-state index contributed by atoms with van der Waals surface area (Å²) in [6.07, 6.45) is -0.821. The molecule has 3 saturated heterocycles. The molecule has 4 aromatic carbocycles. The van der Waals surface area contributed by atoms with E-state index in [2.05, 4.69) is 22.3 Å². The van der Waals surface area contributed by atoms with Gasteiger partial charge in [-0.05, 0) is 47.2 Å². The zero-order valence-electron chi connectivity index (χ0n) is 32.0. The molecule has 0 bridgehead atoms. The third kappa shape index (κ3) is 9.42. The minimum absolute atomic E-state index is 0.0384. The number of cyclic esters (lactones) is 1. The first-order valence-corrected chi connectivity index (χ1v) is 19.6. The lowest BCUT2D eigenvalue weighted by Gasteiger charge is -2.52. The molecule has 3 fully saturated rings. The molecule has 3 aliphatic heterocycles. The van der Waals surface area contributed by atoms with E-state index in [0.717, 1.165) is 36.2 Å². The molecule has 0 unspecified atom stereocenters. The molecule has 4 amide bonds. The Bertz CT molecular complexity index is 2080. The molecule has 7 rings (SSSR count). The van der Waals surface area contributed by atoms with Crippen LogP contribution < -0.4 is 5.32 Å². The summed E-state index contributed by atoms with van der Waals surface area (Å²) in [5.41, 5.74) is 2.23. The van der Waals surface area contributed by atoms with Gasteiger partial charge in [0.1, 0.15) is 18.7 Å². The predicted molar refractivity (Wildman–Crippen MR) is 212 cm³/mol. The average Bonchev–Trinajstić information content (AvgIpc) is 3.62. The fraction of sp³-hybridized carbons (Fsp3) is 0.333. The van der Waals surface area contributed by atoms with Gasteiger partial charge in [0, 0.05) is 45.7 Å². The number of nitrogens with one attached hydrogen (secondary N) is 1. The molecule has 3 aliphatic rings. The number of hydrogen-bond acceptors (Lipinski definition) is 6. The van der Waals surface area contributed by atoms with E-state index in [1.807, 2.05) is 84.9 Å². The molecular weight excluding hydrogens is 748 g/mol. The van der Waals surface area contributed by atoms with Gasteiger partial charge in [-0.2, -0.15) is 13.2 Å². The van der Waals surface area contributed by atoms with E-state index in [-0.39, 0.29) is 37.5 Å². The molecule has 0 spiro atoms. The van der Waals surface area contributed by atoms with Crippen LogP contribution in [0.5, 0.6) is 0 Å². The molecule has 13 heteroatoms. The van der Waals surface area contributed by atoms with Crippen LogP contribution in [0.1, 0.15) is 46.7 Å². The molecule has 4 aromatic rings. The van der Waals surface area contributed by atoms with Crippen LogP contribution in [-0.2, 0) is 38.3 Å². The Morgan fingerprint density at radius 2 is 1.48 bits per heavy atom. The van der Waals surface area contributed by atoms with Crippen LogP contribution in [0, 0.1) is 0 Å². The lowest BCUT2D eigenvalue weighted by molar-refractivity contribution is -0.163. The van der Waals surface area contributed by atoms with Gasteiger partial charge in [-0.3, -0.25) is 24.2 Å². The standard InChI is InChI=1S/C45H46F3N5O5/c46-45(47,48)36-18-10-15-34(29-36)30-49-42(55)38(21-22-40(54)51-27-25-50(26-28-51)24-23-33-13-6-2-7-14-33)52-37(20-19-32-11-4-1-5-12-32)41(43(52)56)53-39(31-58-44(53)57)35-16-8-3-9-17-35/h1-20,29,37-39,41H,21-28,30-31H2,(H,49,55)/t37-,38+,39-,41+/m1/s1. The van der Waals surface area contributed by atoms with Crippen molar-refractivity contribution in [1.82, 2.24) is 24.9 Å². The lowest BCUT2D eigenvalue weighted by Crippen LogP contribution is -2.74. The summed E-state index contributed by atoms with van der Waals surface area (Å²) in [7, 11) is 0. The number of rotatable bonds is 14. The Morgan fingerprint density at radius 3 is 2.17 bits per heavy atom. The van der Waals surface area contributed by atoms with Gasteiger partial charge in [-0.1, -0.05) is 115 Å². The summed E-state index contributed by atoms with van der Waals surface area (Å²) in [6.45, 7) is 3.11. The van der Waals surface area contributed by atoms with Crippen LogP contribution in [-0.4, -0.2) is 101 Å². The van der Waals surface area contributed by atoms with E-state index in [4.69, 9.17) is 4.74 Å². The van der Waals surface area contributed by atoms with Gasteiger partial charge in [0.05, 0.1) is 17.6 Å². The summed E-state index contributed by atoms with van der Waals surface area (Å²) >= 11 is 0. The molecule has 302 valence electrons. The van der Waals surface area contributed by atoms with Crippen molar-refractivity contribution in [3.63, 3.8) is 0 Å². The molecule has 4 atom stereocenters. The number of carbonyl (C=O) groups is 4. The molecule has 10 nitrogen and oxygen atoms in total. The first-order valence-electron chi connectivity index (χ1n) is 19.6. The summed E-state index contributed by atoms with van der Waals surface area (Å²) in [5.74, 6) is -1.28. The fourth-order valence-electron chi connectivity index (χ4n) is 7.94. The third-order valence-corrected chi connectivity index (χ3v) is 11.1. The van der Waals surface area contributed by atoms with Crippen molar-refractivity contribution in [3.8, 4) is 0 Å². The molecule has 0 aliphatic carbocycles. The number of nitrogens with zero attached hydrogens (tertiary/aromatic N) is 4. The maximum atomic E-state index is 14.5. The van der Waals surface area contributed by atoms with Gasteiger partial charge in [0.25, 0.3) is 0 Å². The number of amides is 4. The molecule has 0 saturated carbocycles. The number of piperazine rings is 1. The minimum Gasteiger partial charge on any atom is -0.447 e. The molecule has 1 N–H and O–H groups in total. The Labute approximate surface area is 335 Å². The van der Waals surface area contributed by atoms with E-state index in [0.29, 0.717) is 26.2 Å². The van der Waals surface area contributed by atoms with Crippen molar-refractivity contribution >= 4 is 29.9 Å². The lowest BCUT2D eigenvalue weighted by atomic mass is 9.87. The largest absolute Gasteiger partial charge is 0.447 e. The third-order valence-electron chi connectivity index (χ3n) is 11.1. The summed E-state index contributed by atoms with van der Waals surface area (Å²) < 4.78 is 46.0. The van der Waals surface area contributed by atoms with Crippen molar-refractivity contribution in [2.45, 2.75) is 56.2 Å². The molecule has 58 heavy (non-hydrogen) atoms. The zero-order valence-corrected chi connectivity index (χ0v) is 32.0. The monoisotopic (exact) mass is 793 g/mol. The van der Waals surface area contributed by atoms with Crippen LogP contribution in [0.3, 0.4) is 0 Å². The smallest absolute Gasteiger partial charge is 0.416 e. The number of hydrogen-bond donors (Lipinski definition) is 1. The predicted octanol–water partition coefficient (Wildman–Crippen LogP) is 6.34.